The molecule has 1 unspecified atom stereocenters. The molecule has 1 saturated heterocycles. The molecular weight excluding hydrogens is 308 g/mol. The van der Waals surface area contributed by atoms with Gasteiger partial charge in [0.1, 0.15) is 0 Å². The number of amides is 2. The van der Waals surface area contributed by atoms with Crippen LogP contribution >= 0.6 is 11.6 Å². The number of aliphatic carboxylic acids is 1. The third-order valence-electron chi connectivity index (χ3n) is 3.79. The van der Waals surface area contributed by atoms with Gasteiger partial charge >= 0.3 is 5.97 Å². The van der Waals surface area contributed by atoms with Crippen molar-refractivity contribution in [2.24, 2.45) is 5.41 Å². The van der Waals surface area contributed by atoms with Crippen LogP contribution in [0.15, 0.2) is 18.2 Å². The van der Waals surface area contributed by atoms with Gasteiger partial charge in [0, 0.05) is 25.7 Å². The fraction of sp³-hybridized carbons (Fsp3) is 0.400. The number of nitrogens with one attached hydrogen (secondary N) is 1. The normalized spacial score (nSPS) is 20.8. The molecule has 1 aliphatic rings. The Bertz CT molecular complexity index is 646. The van der Waals surface area contributed by atoms with Crippen molar-refractivity contribution in [1.29, 1.82) is 0 Å². The van der Waals surface area contributed by atoms with Crippen LogP contribution in [0.2, 0.25) is 5.02 Å². The van der Waals surface area contributed by atoms with Crippen LogP contribution < -0.4 is 5.32 Å². The molecule has 0 spiro atoms. The molecule has 2 N–H and O–H groups in total. The lowest BCUT2D eigenvalue weighted by Gasteiger charge is -2.21. The molecule has 2 amide bonds. The summed E-state index contributed by atoms with van der Waals surface area (Å²) in [6.07, 6.45) is 0.400. The summed E-state index contributed by atoms with van der Waals surface area (Å²) in [5, 5.41) is 12.1. The molecule has 1 aromatic rings. The molecule has 6 nitrogen and oxygen atoms in total. The second kappa shape index (κ2) is 5.96. The molecule has 1 aliphatic heterocycles. The molecule has 0 aliphatic carbocycles. The largest absolute Gasteiger partial charge is 0.481 e. The molecule has 22 heavy (non-hydrogen) atoms. The van der Waals surface area contributed by atoms with Crippen molar-refractivity contribution in [3.05, 3.63) is 28.8 Å². The monoisotopic (exact) mass is 324 g/mol. The summed E-state index contributed by atoms with van der Waals surface area (Å²) in [6, 6.07) is 4.64. The average Bonchev–Trinajstić information content (AvgIpc) is 2.84. The molecule has 0 saturated carbocycles. The minimum absolute atomic E-state index is 0.141. The number of halogens is 1. The fourth-order valence-electron chi connectivity index (χ4n) is 2.45. The van der Waals surface area contributed by atoms with E-state index in [0.29, 0.717) is 18.7 Å². The number of carboxylic acid groups (broad SMARTS) is 1. The number of carboxylic acids is 1. The Kier molecular flexibility index (Phi) is 4.42. The Morgan fingerprint density at radius 2 is 2.05 bits per heavy atom. The Balaban J connectivity index is 2.23. The molecule has 1 fully saturated rings. The van der Waals surface area contributed by atoms with Gasteiger partial charge in [0.25, 0.3) is 5.91 Å². The van der Waals surface area contributed by atoms with Crippen molar-refractivity contribution in [3.8, 4) is 0 Å². The highest BCUT2D eigenvalue weighted by atomic mass is 35.5. The predicted octanol–water partition coefficient (Wildman–Crippen LogP) is 2.24. The highest BCUT2D eigenvalue weighted by Gasteiger charge is 2.42. The van der Waals surface area contributed by atoms with E-state index in [1.54, 1.807) is 13.0 Å². The second-order valence-electron chi connectivity index (χ2n) is 5.72. The Morgan fingerprint density at radius 3 is 2.59 bits per heavy atom. The molecular formula is C15H17ClN2O4. The number of likely N-dealkylation sites (tertiary alicyclic amines) is 1. The predicted molar refractivity (Wildman–Crippen MR) is 82.0 cm³/mol. The van der Waals surface area contributed by atoms with Crippen molar-refractivity contribution >= 4 is 35.1 Å². The van der Waals surface area contributed by atoms with E-state index < -0.39 is 11.4 Å². The minimum atomic E-state index is -0.933. The third-order valence-corrected chi connectivity index (χ3v) is 4.12. The van der Waals surface area contributed by atoms with Crippen LogP contribution in [-0.4, -0.2) is 40.9 Å². The fourth-order valence-corrected chi connectivity index (χ4v) is 2.65. The Hall–Kier alpha value is -2.08. The SMILES string of the molecule is CC(=O)Nc1ccc(Cl)c(C(=O)N2CCC(C)(C(=O)O)C2)c1. The lowest BCUT2D eigenvalue weighted by molar-refractivity contribution is -0.147. The molecule has 0 aromatic heterocycles. The standard InChI is InChI=1S/C15H17ClN2O4/c1-9(19)17-10-3-4-12(16)11(7-10)13(20)18-6-5-15(2,8-18)14(21)22/h3-4,7H,5-6,8H2,1-2H3,(H,17,19)(H,21,22). The van der Waals surface area contributed by atoms with Gasteiger partial charge in [-0.25, -0.2) is 0 Å². The summed E-state index contributed by atoms with van der Waals surface area (Å²) in [6.45, 7) is 3.50. The Labute approximate surface area is 133 Å². The van der Waals surface area contributed by atoms with Gasteiger partial charge in [-0.05, 0) is 31.5 Å². The quantitative estimate of drug-likeness (QED) is 0.892. The maximum atomic E-state index is 12.6. The highest BCUT2D eigenvalue weighted by Crippen LogP contribution is 2.32. The van der Waals surface area contributed by atoms with Gasteiger partial charge in [-0.1, -0.05) is 11.6 Å². The number of hydrogen-bond donors (Lipinski definition) is 2. The van der Waals surface area contributed by atoms with Crippen molar-refractivity contribution in [3.63, 3.8) is 0 Å². The van der Waals surface area contributed by atoms with E-state index in [1.807, 2.05) is 0 Å². The summed E-state index contributed by atoms with van der Waals surface area (Å²) in [5.74, 6) is -1.50. The zero-order valence-electron chi connectivity index (χ0n) is 12.4. The van der Waals surface area contributed by atoms with Crippen LogP contribution in [0.3, 0.4) is 0 Å². The molecule has 7 heteroatoms. The van der Waals surface area contributed by atoms with Gasteiger partial charge in [0.2, 0.25) is 5.91 Å². The van der Waals surface area contributed by atoms with Gasteiger partial charge in [0.05, 0.1) is 16.0 Å². The van der Waals surface area contributed by atoms with Crippen LogP contribution in [0, 0.1) is 5.41 Å². The highest BCUT2D eigenvalue weighted by molar-refractivity contribution is 6.34. The van der Waals surface area contributed by atoms with E-state index in [4.69, 9.17) is 11.6 Å². The van der Waals surface area contributed by atoms with E-state index in [0.717, 1.165) is 0 Å². The first-order valence-corrected chi connectivity index (χ1v) is 7.20. The molecule has 2 rings (SSSR count). The topological polar surface area (TPSA) is 86.7 Å². The second-order valence-corrected chi connectivity index (χ2v) is 6.13. The van der Waals surface area contributed by atoms with E-state index in [-0.39, 0.29) is 28.9 Å². The number of hydrogen-bond acceptors (Lipinski definition) is 3. The third kappa shape index (κ3) is 3.22. The first-order chi connectivity index (χ1) is 10.2. The lowest BCUT2D eigenvalue weighted by atomic mass is 9.90. The molecule has 1 atom stereocenters. The first kappa shape index (κ1) is 16.3. The molecule has 1 aromatic carbocycles. The van der Waals surface area contributed by atoms with Crippen LogP contribution in [0.1, 0.15) is 30.6 Å². The van der Waals surface area contributed by atoms with Crippen molar-refractivity contribution in [2.45, 2.75) is 20.3 Å². The van der Waals surface area contributed by atoms with Crippen molar-refractivity contribution < 1.29 is 19.5 Å². The molecule has 0 radical (unpaired) electrons. The minimum Gasteiger partial charge on any atom is -0.481 e. The number of nitrogens with zero attached hydrogens (tertiary/aromatic N) is 1. The summed E-state index contributed by atoms with van der Waals surface area (Å²) < 4.78 is 0. The zero-order valence-corrected chi connectivity index (χ0v) is 13.1. The number of carbonyl (C=O) groups is 3. The van der Waals surface area contributed by atoms with Gasteiger partial charge < -0.3 is 15.3 Å². The number of carbonyl (C=O) groups excluding carboxylic acids is 2. The summed E-state index contributed by atoms with van der Waals surface area (Å²) in [4.78, 5) is 36.4. The summed E-state index contributed by atoms with van der Waals surface area (Å²) in [7, 11) is 0. The molecule has 118 valence electrons. The molecule has 1 heterocycles. The molecule has 0 bridgehead atoms. The summed E-state index contributed by atoms with van der Waals surface area (Å²) >= 11 is 6.06. The van der Waals surface area contributed by atoms with E-state index >= 15 is 0 Å². The van der Waals surface area contributed by atoms with Gasteiger partial charge in [-0.2, -0.15) is 0 Å². The van der Waals surface area contributed by atoms with Gasteiger partial charge in [-0.3, -0.25) is 14.4 Å². The van der Waals surface area contributed by atoms with Crippen molar-refractivity contribution in [2.75, 3.05) is 18.4 Å². The zero-order chi connectivity index (χ0) is 16.5. The van der Waals surface area contributed by atoms with Gasteiger partial charge in [0.15, 0.2) is 0 Å². The van der Waals surface area contributed by atoms with Crippen LogP contribution in [0.5, 0.6) is 0 Å². The lowest BCUT2D eigenvalue weighted by Crippen LogP contribution is -2.35. The van der Waals surface area contributed by atoms with E-state index in [1.165, 1.54) is 24.0 Å². The number of rotatable bonds is 3. The van der Waals surface area contributed by atoms with Crippen LogP contribution in [-0.2, 0) is 9.59 Å². The van der Waals surface area contributed by atoms with Crippen molar-refractivity contribution in [1.82, 2.24) is 4.90 Å². The van der Waals surface area contributed by atoms with E-state index in [9.17, 15) is 19.5 Å². The number of benzene rings is 1. The Morgan fingerprint density at radius 1 is 1.36 bits per heavy atom. The van der Waals surface area contributed by atoms with Gasteiger partial charge in [-0.15, -0.1) is 0 Å². The van der Waals surface area contributed by atoms with Crippen LogP contribution in [0.4, 0.5) is 5.69 Å². The maximum Gasteiger partial charge on any atom is 0.311 e. The van der Waals surface area contributed by atoms with E-state index in [2.05, 4.69) is 5.32 Å². The van der Waals surface area contributed by atoms with Crippen LogP contribution in [0.25, 0.3) is 0 Å². The first-order valence-electron chi connectivity index (χ1n) is 6.83. The average molecular weight is 325 g/mol. The number of anilines is 1. The summed E-state index contributed by atoms with van der Waals surface area (Å²) in [5.41, 5.74) is -0.208. The maximum absolute atomic E-state index is 12.6. The smallest absolute Gasteiger partial charge is 0.311 e.